The average molecular weight is 300 g/mol. The standard InChI is InChI=1S/C16H16N2O4/c1-11-4-2-3-5-15(11)22-10-16(21)18-17-9-12-8-13(19)6-7-14(12)20/h2-9,19-20H,10H2,1H3,(H,18,21). The van der Waals surface area contributed by atoms with Crippen LogP contribution in [0.15, 0.2) is 47.6 Å². The fourth-order valence-electron chi connectivity index (χ4n) is 1.71. The van der Waals surface area contributed by atoms with Crippen LogP contribution in [-0.4, -0.2) is 28.9 Å². The van der Waals surface area contributed by atoms with Crippen LogP contribution < -0.4 is 10.2 Å². The van der Waals surface area contributed by atoms with Crippen molar-refractivity contribution in [3.63, 3.8) is 0 Å². The Bertz CT molecular complexity index is 698. The summed E-state index contributed by atoms with van der Waals surface area (Å²) in [6.07, 6.45) is 1.24. The summed E-state index contributed by atoms with van der Waals surface area (Å²) in [6, 6.07) is 11.4. The van der Waals surface area contributed by atoms with E-state index in [9.17, 15) is 15.0 Å². The molecular weight excluding hydrogens is 284 g/mol. The van der Waals surface area contributed by atoms with E-state index in [2.05, 4.69) is 10.5 Å². The van der Waals surface area contributed by atoms with E-state index in [1.165, 1.54) is 24.4 Å². The molecule has 6 heteroatoms. The van der Waals surface area contributed by atoms with E-state index in [4.69, 9.17) is 4.74 Å². The zero-order valence-corrected chi connectivity index (χ0v) is 12.0. The molecule has 0 spiro atoms. The number of aryl methyl sites for hydroxylation is 1. The Morgan fingerprint density at radius 2 is 2.05 bits per heavy atom. The molecule has 0 aliphatic rings. The predicted octanol–water partition coefficient (Wildman–Crippen LogP) is 1.94. The van der Waals surface area contributed by atoms with Crippen molar-refractivity contribution in [2.75, 3.05) is 6.61 Å². The lowest BCUT2D eigenvalue weighted by Crippen LogP contribution is -2.24. The molecule has 0 saturated heterocycles. The van der Waals surface area contributed by atoms with Crippen molar-refractivity contribution in [1.29, 1.82) is 0 Å². The van der Waals surface area contributed by atoms with Gasteiger partial charge in [-0.1, -0.05) is 18.2 Å². The molecule has 2 aromatic carbocycles. The molecular formula is C16H16N2O4. The summed E-state index contributed by atoms with van der Waals surface area (Å²) in [5, 5.41) is 22.5. The second-order valence-electron chi connectivity index (χ2n) is 4.59. The average Bonchev–Trinajstić information content (AvgIpc) is 2.50. The molecule has 0 aromatic heterocycles. The highest BCUT2D eigenvalue weighted by atomic mass is 16.5. The van der Waals surface area contributed by atoms with Gasteiger partial charge in [0.25, 0.3) is 5.91 Å². The lowest BCUT2D eigenvalue weighted by molar-refractivity contribution is -0.123. The fraction of sp³-hybridized carbons (Fsp3) is 0.125. The van der Waals surface area contributed by atoms with Gasteiger partial charge in [0.05, 0.1) is 6.21 Å². The molecule has 0 unspecified atom stereocenters. The van der Waals surface area contributed by atoms with Crippen molar-refractivity contribution in [2.45, 2.75) is 6.92 Å². The van der Waals surface area contributed by atoms with Gasteiger partial charge in [-0.15, -0.1) is 0 Å². The van der Waals surface area contributed by atoms with Gasteiger partial charge in [-0.2, -0.15) is 5.10 Å². The first-order valence-electron chi connectivity index (χ1n) is 6.58. The highest BCUT2D eigenvalue weighted by Gasteiger charge is 2.04. The molecule has 3 N–H and O–H groups in total. The van der Waals surface area contributed by atoms with E-state index in [0.29, 0.717) is 11.3 Å². The number of amides is 1. The van der Waals surface area contributed by atoms with Gasteiger partial charge in [0.15, 0.2) is 6.61 Å². The van der Waals surface area contributed by atoms with Crippen LogP contribution in [-0.2, 0) is 4.79 Å². The smallest absolute Gasteiger partial charge is 0.277 e. The first kappa shape index (κ1) is 15.4. The van der Waals surface area contributed by atoms with Crippen molar-refractivity contribution in [3.8, 4) is 17.2 Å². The Hall–Kier alpha value is -3.02. The molecule has 0 fully saturated rings. The van der Waals surface area contributed by atoms with E-state index in [1.54, 1.807) is 6.07 Å². The number of carbonyl (C=O) groups is 1. The zero-order chi connectivity index (χ0) is 15.9. The van der Waals surface area contributed by atoms with E-state index in [-0.39, 0.29) is 18.1 Å². The van der Waals surface area contributed by atoms with Gasteiger partial charge in [0, 0.05) is 5.56 Å². The summed E-state index contributed by atoms with van der Waals surface area (Å²) in [5.41, 5.74) is 3.51. The molecule has 2 aromatic rings. The largest absolute Gasteiger partial charge is 0.508 e. The van der Waals surface area contributed by atoms with Gasteiger partial charge in [-0.05, 0) is 36.8 Å². The molecule has 0 heterocycles. The minimum Gasteiger partial charge on any atom is -0.508 e. The normalized spacial score (nSPS) is 10.6. The Kier molecular flexibility index (Phi) is 4.98. The molecule has 0 bridgehead atoms. The van der Waals surface area contributed by atoms with Crippen LogP contribution in [0.4, 0.5) is 0 Å². The number of hydrogen-bond donors (Lipinski definition) is 3. The molecule has 0 radical (unpaired) electrons. The summed E-state index contributed by atoms with van der Waals surface area (Å²) in [6.45, 7) is 1.71. The maximum absolute atomic E-state index is 11.6. The Labute approximate surface area is 127 Å². The van der Waals surface area contributed by atoms with Crippen molar-refractivity contribution in [2.24, 2.45) is 5.10 Å². The molecule has 1 amide bonds. The molecule has 0 atom stereocenters. The van der Waals surface area contributed by atoms with E-state index < -0.39 is 5.91 Å². The van der Waals surface area contributed by atoms with Gasteiger partial charge >= 0.3 is 0 Å². The maximum Gasteiger partial charge on any atom is 0.277 e. The van der Waals surface area contributed by atoms with Crippen LogP contribution in [0.3, 0.4) is 0 Å². The Morgan fingerprint density at radius 3 is 2.82 bits per heavy atom. The summed E-state index contributed by atoms with van der Waals surface area (Å²) >= 11 is 0. The third kappa shape index (κ3) is 4.24. The molecule has 2 rings (SSSR count). The molecule has 6 nitrogen and oxygen atoms in total. The molecule has 0 saturated carbocycles. The number of nitrogens with zero attached hydrogens (tertiary/aromatic N) is 1. The first-order chi connectivity index (χ1) is 10.6. The predicted molar refractivity (Wildman–Crippen MR) is 82.2 cm³/mol. The highest BCUT2D eigenvalue weighted by Crippen LogP contribution is 2.20. The number of nitrogens with one attached hydrogen (secondary N) is 1. The Morgan fingerprint density at radius 1 is 1.27 bits per heavy atom. The van der Waals surface area contributed by atoms with Crippen LogP contribution in [0.5, 0.6) is 17.2 Å². The third-order valence-corrected chi connectivity index (χ3v) is 2.86. The molecule has 22 heavy (non-hydrogen) atoms. The minimum atomic E-state index is -0.431. The number of hydrazone groups is 1. The van der Waals surface area contributed by atoms with Gasteiger partial charge in [-0.25, -0.2) is 5.43 Å². The zero-order valence-electron chi connectivity index (χ0n) is 12.0. The molecule has 0 aliphatic carbocycles. The SMILES string of the molecule is Cc1ccccc1OCC(=O)NN=Cc1cc(O)ccc1O. The number of phenols is 2. The van der Waals surface area contributed by atoms with Gasteiger partial charge in [0.1, 0.15) is 17.2 Å². The number of rotatable bonds is 5. The monoisotopic (exact) mass is 300 g/mol. The van der Waals surface area contributed by atoms with E-state index in [0.717, 1.165) is 5.56 Å². The second-order valence-corrected chi connectivity index (χ2v) is 4.59. The summed E-state index contributed by atoms with van der Waals surface area (Å²) in [7, 11) is 0. The van der Waals surface area contributed by atoms with Gasteiger partial charge in [0.2, 0.25) is 0 Å². The van der Waals surface area contributed by atoms with Crippen LogP contribution in [0.1, 0.15) is 11.1 Å². The number of phenolic OH excluding ortho intramolecular Hbond substituents is 2. The molecule has 114 valence electrons. The van der Waals surface area contributed by atoms with Crippen molar-refractivity contribution >= 4 is 12.1 Å². The minimum absolute atomic E-state index is 0.00605. The van der Waals surface area contributed by atoms with Gasteiger partial charge in [-0.3, -0.25) is 4.79 Å². The van der Waals surface area contributed by atoms with Crippen LogP contribution >= 0.6 is 0 Å². The summed E-state index contributed by atoms with van der Waals surface area (Å²) < 4.78 is 5.37. The number of carbonyl (C=O) groups excluding carboxylic acids is 1. The summed E-state index contributed by atoms with van der Waals surface area (Å²) in [5.74, 6) is 0.145. The topological polar surface area (TPSA) is 91.2 Å². The lowest BCUT2D eigenvalue weighted by Gasteiger charge is -2.07. The van der Waals surface area contributed by atoms with Gasteiger partial charge < -0.3 is 14.9 Å². The lowest BCUT2D eigenvalue weighted by atomic mass is 10.2. The fourth-order valence-corrected chi connectivity index (χ4v) is 1.71. The third-order valence-electron chi connectivity index (χ3n) is 2.86. The quantitative estimate of drug-likeness (QED) is 0.447. The van der Waals surface area contributed by atoms with Crippen LogP contribution in [0.2, 0.25) is 0 Å². The number of aromatic hydroxyl groups is 2. The van der Waals surface area contributed by atoms with Crippen molar-refractivity contribution < 1.29 is 19.7 Å². The Balaban J connectivity index is 1.86. The number of benzene rings is 2. The number of ether oxygens (including phenoxy) is 1. The second kappa shape index (κ2) is 7.12. The van der Waals surface area contributed by atoms with Crippen LogP contribution in [0, 0.1) is 6.92 Å². The highest BCUT2D eigenvalue weighted by molar-refractivity contribution is 5.85. The van der Waals surface area contributed by atoms with Crippen molar-refractivity contribution in [1.82, 2.24) is 5.43 Å². The summed E-state index contributed by atoms with van der Waals surface area (Å²) in [4.78, 5) is 11.6. The number of hydrogen-bond acceptors (Lipinski definition) is 5. The van der Waals surface area contributed by atoms with Crippen molar-refractivity contribution in [3.05, 3.63) is 53.6 Å². The van der Waals surface area contributed by atoms with E-state index in [1.807, 2.05) is 25.1 Å². The maximum atomic E-state index is 11.6. The molecule has 0 aliphatic heterocycles. The van der Waals surface area contributed by atoms with Crippen LogP contribution in [0.25, 0.3) is 0 Å². The number of para-hydroxylation sites is 1. The first-order valence-corrected chi connectivity index (χ1v) is 6.58. The van der Waals surface area contributed by atoms with E-state index >= 15 is 0 Å².